The number of benzene rings is 1. The van der Waals surface area contributed by atoms with Crippen LogP contribution in [0.2, 0.25) is 0 Å². The summed E-state index contributed by atoms with van der Waals surface area (Å²) in [6.07, 6.45) is 0.538. The second-order valence-corrected chi connectivity index (χ2v) is 5.50. The highest BCUT2D eigenvalue weighted by Crippen LogP contribution is 2.32. The second-order valence-electron chi connectivity index (χ2n) is 5.50. The van der Waals surface area contributed by atoms with E-state index in [2.05, 4.69) is 4.90 Å². The number of Topliss-reactive ketones (excluding diaryl/α,β-unsaturated/α-hetero) is 1. The molecule has 1 saturated heterocycles. The van der Waals surface area contributed by atoms with Crippen LogP contribution in [0.5, 0.6) is 11.5 Å². The smallest absolute Gasteiger partial charge is 0.231 e. The predicted octanol–water partition coefficient (Wildman–Crippen LogP) is 1.15. The van der Waals surface area contributed by atoms with Crippen LogP contribution in [0.25, 0.3) is 0 Å². The molecule has 6 nitrogen and oxygen atoms in total. The molecular formula is C16H20N2O4. The monoisotopic (exact) mass is 304 g/mol. The summed E-state index contributed by atoms with van der Waals surface area (Å²) in [5, 5.41) is 0. The van der Waals surface area contributed by atoms with E-state index >= 15 is 0 Å². The molecule has 2 aliphatic rings. The van der Waals surface area contributed by atoms with Crippen molar-refractivity contribution < 1.29 is 19.1 Å². The topological polar surface area (TPSA) is 59.1 Å². The molecule has 0 unspecified atom stereocenters. The highest BCUT2D eigenvalue weighted by atomic mass is 16.7. The number of ether oxygens (including phenoxy) is 2. The lowest BCUT2D eigenvalue weighted by Gasteiger charge is -2.34. The summed E-state index contributed by atoms with van der Waals surface area (Å²) in [6.45, 7) is 5.32. The third kappa shape index (κ3) is 3.06. The van der Waals surface area contributed by atoms with E-state index in [1.807, 2.05) is 11.8 Å². The van der Waals surface area contributed by atoms with Crippen molar-refractivity contribution in [3.8, 4) is 11.5 Å². The molecule has 22 heavy (non-hydrogen) atoms. The lowest BCUT2D eigenvalue weighted by atomic mass is 10.1. The van der Waals surface area contributed by atoms with Crippen LogP contribution in [0, 0.1) is 0 Å². The molecule has 0 N–H and O–H groups in total. The summed E-state index contributed by atoms with van der Waals surface area (Å²) >= 11 is 0. The first-order valence-electron chi connectivity index (χ1n) is 7.60. The molecule has 0 atom stereocenters. The van der Waals surface area contributed by atoms with E-state index in [9.17, 15) is 9.59 Å². The summed E-state index contributed by atoms with van der Waals surface area (Å²) in [4.78, 5) is 28.0. The van der Waals surface area contributed by atoms with Gasteiger partial charge in [0, 0.05) is 38.2 Å². The largest absolute Gasteiger partial charge is 0.454 e. The molecule has 1 amide bonds. The Balaban J connectivity index is 1.56. The molecule has 6 heteroatoms. The Morgan fingerprint density at radius 3 is 2.55 bits per heavy atom. The van der Waals surface area contributed by atoms with Gasteiger partial charge in [0.15, 0.2) is 17.3 Å². The first kappa shape index (κ1) is 14.8. The van der Waals surface area contributed by atoms with E-state index in [-0.39, 0.29) is 18.5 Å². The molecule has 118 valence electrons. The van der Waals surface area contributed by atoms with Crippen molar-refractivity contribution in [3.05, 3.63) is 23.8 Å². The molecule has 3 rings (SSSR count). The van der Waals surface area contributed by atoms with Gasteiger partial charge in [0.1, 0.15) is 0 Å². The first-order chi connectivity index (χ1) is 10.7. The van der Waals surface area contributed by atoms with Crippen LogP contribution in [-0.4, -0.2) is 61.0 Å². The van der Waals surface area contributed by atoms with Crippen molar-refractivity contribution in [2.45, 2.75) is 13.3 Å². The van der Waals surface area contributed by atoms with Crippen molar-refractivity contribution in [3.63, 3.8) is 0 Å². The van der Waals surface area contributed by atoms with Gasteiger partial charge in [-0.1, -0.05) is 6.92 Å². The maximum absolute atomic E-state index is 12.4. The van der Waals surface area contributed by atoms with Crippen LogP contribution < -0.4 is 9.47 Å². The molecular weight excluding hydrogens is 284 g/mol. The van der Waals surface area contributed by atoms with Gasteiger partial charge >= 0.3 is 0 Å². The van der Waals surface area contributed by atoms with Crippen molar-refractivity contribution in [1.29, 1.82) is 0 Å². The maximum Gasteiger partial charge on any atom is 0.231 e. The second kappa shape index (κ2) is 6.36. The van der Waals surface area contributed by atoms with E-state index in [0.717, 1.165) is 13.1 Å². The number of nitrogens with zero attached hydrogens (tertiary/aromatic N) is 2. The molecule has 1 fully saturated rings. The minimum absolute atomic E-state index is 0.0635. The van der Waals surface area contributed by atoms with Crippen molar-refractivity contribution in [2.24, 2.45) is 0 Å². The molecule has 0 aromatic heterocycles. The van der Waals surface area contributed by atoms with E-state index < -0.39 is 0 Å². The fourth-order valence-electron chi connectivity index (χ4n) is 2.74. The van der Waals surface area contributed by atoms with Gasteiger partial charge in [-0.25, -0.2) is 0 Å². The first-order valence-corrected chi connectivity index (χ1v) is 7.60. The third-order valence-electron chi connectivity index (χ3n) is 4.09. The van der Waals surface area contributed by atoms with Gasteiger partial charge in [-0.15, -0.1) is 0 Å². The Kier molecular flexibility index (Phi) is 4.29. The molecule has 2 heterocycles. The van der Waals surface area contributed by atoms with Crippen LogP contribution in [-0.2, 0) is 4.79 Å². The summed E-state index contributed by atoms with van der Waals surface area (Å²) in [6, 6.07) is 5.28. The Morgan fingerprint density at radius 1 is 1.09 bits per heavy atom. The number of carbonyl (C=O) groups is 2. The number of piperazine rings is 1. The zero-order valence-electron chi connectivity index (χ0n) is 12.7. The standard InChI is InChI=1S/C16H20N2O4/c1-2-16(20)18-7-5-17(6-8-18)10-13(19)12-3-4-14-15(9-12)22-11-21-14/h3-4,9H,2,5-8,10-11H2,1H3. The van der Waals surface area contributed by atoms with Gasteiger partial charge < -0.3 is 14.4 Å². The summed E-state index contributed by atoms with van der Waals surface area (Å²) in [7, 11) is 0. The Morgan fingerprint density at radius 2 is 1.82 bits per heavy atom. The molecule has 0 aliphatic carbocycles. The number of fused-ring (bicyclic) bond motifs is 1. The average molecular weight is 304 g/mol. The zero-order chi connectivity index (χ0) is 15.5. The van der Waals surface area contributed by atoms with Crippen LogP contribution in [0.4, 0.5) is 0 Å². The van der Waals surface area contributed by atoms with Gasteiger partial charge in [0.05, 0.1) is 6.54 Å². The Bertz CT molecular complexity index is 580. The van der Waals surface area contributed by atoms with E-state index in [1.54, 1.807) is 18.2 Å². The van der Waals surface area contributed by atoms with E-state index in [0.29, 0.717) is 43.1 Å². The van der Waals surface area contributed by atoms with Crippen molar-refractivity contribution in [2.75, 3.05) is 39.5 Å². The number of hydrogen-bond acceptors (Lipinski definition) is 5. The predicted molar refractivity (Wildman–Crippen MR) is 80.2 cm³/mol. The number of ketones is 1. The fraction of sp³-hybridized carbons (Fsp3) is 0.500. The van der Waals surface area contributed by atoms with Gasteiger partial charge in [0.25, 0.3) is 0 Å². The molecule has 1 aromatic rings. The molecule has 0 radical (unpaired) electrons. The van der Waals surface area contributed by atoms with E-state index in [4.69, 9.17) is 9.47 Å². The summed E-state index contributed by atoms with van der Waals surface area (Å²) < 4.78 is 10.5. The van der Waals surface area contributed by atoms with Gasteiger partial charge in [0.2, 0.25) is 12.7 Å². The van der Waals surface area contributed by atoms with Crippen LogP contribution in [0.1, 0.15) is 23.7 Å². The highest BCUT2D eigenvalue weighted by Gasteiger charge is 2.23. The lowest BCUT2D eigenvalue weighted by molar-refractivity contribution is -0.132. The minimum Gasteiger partial charge on any atom is -0.454 e. The van der Waals surface area contributed by atoms with Crippen LogP contribution >= 0.6 is 0 Å². The van der Waals surface area contributed by atoms with Gasteiger partial charge in [-0.2, -0.15) is 0 Å². The number of rotatable bonds is 4. The molecule has 0 saturated carbocycles. The Hall–Kier alpha value is -2.08. The highest BCUT2D eigenvalue weighted by molar-refractivity contribution is 5.98. The van der Waals surface area contributed by atoms with Crippen molar-refractivity contribution in [1.82, 2.24) is 9.80 Å². The number of hydrogen-bond donors (Lipinski definition) is 0. The van der Waals surface area contributed by atoms with Gasteiger partial charge in [-0.05, 0) is 18.2 Å². The SMILES string of the molecule is CCC(=O)N1CCN(CC(=O)c2ccc3c(c2)OCO3)CC1. The summed E-state index contributed by atoms with van der Waals surface area (Å²) in [5.74, 6) is 1.56. The maximum atomic E-state index is 12.4. The third-order valence-corrected chi connectivity index (χ3v) is 4.09. The zero-order valence-corrected chi connectivity index (χ0v) is 12.7. The lowest BCUT2D eigenvalue weighted by Crippen LogP contribution is -2.49. The summed E-state index contributed by atoms with van der Waals surface area (Å²) in [5.41, 5.74) is 0.635. The molecule has 1 aromatic carbocycles. The van der Waals surface area contributed by atoms with Gasteiger partial charge in [-0.3, -0.25) is 14.5 Å². The fourth-order valence-corrected chi connectivity index (χ4v) is 2.74. The number of carbonyl (C=O) groups excluding carboxylic acids is 2. The van der Waals surface area contributed by atoms with Crippen LogP contribution in [0.3, 0.4) is 0 Å². The molecule has 0 bridgehead atoms. The van der Waals surface area contributed by atoms with Crippen LogP contribution in [0.15, 0.2) is 18.2 Å². The average Bonchev–Trinajstić information content (AvgIpc) is 3.02. The number of amides is 1. The normalized spacial score (nSPS) is 17.6. The van der Waals surface area contributed by atoms with Crippen molar-refractivity contribution >= 4 is 11.7 Å². The minimum atomic E-state index is 0.0635. The quantitative estimate of drug-likeness (QED) is 0.781. The molecule has 2 aliphatic heterocycles. The molecule has 0 spiro atoms. The Labute approximate surface area is 129 Å². The van der Waals surface area contributed by atoms with E-state index in [1.165, 1.54) is 0 Å².